The average Bonchev–Trinajstić information content (AvgIpc) is 2.74. The summed E-state index contributed by atoms with van der Waals surface area (Å²) in [5, 5.41) is 12.5. The molecule has 1 amide bonds. The zero-order valence-electron chi connectivity index (χ0n) is 20.0. The van der Waals surface area contributed by atoms with Crippen LogP contribution in [0.4, 0.5) is 4.79 Å². The fourth-order valence-electron chi connectivity index (χ4n) is 3.75. The number of carbonyl (C=O) groups excluding carboxylic acids is 2. The highest BCUT2D eigenvalue weighted by atomic mass is 32.2. The molecular formula is C26H29NO6S. The smallest absolute Gasteiger partial charge is 0.409 e. The molecule has 1 aromatic carbocycles. The minimum Gasteiger partial charge on any atom is -0.508 e. The van der Waals surface area contributed by atoms with Gasteiger partial charge in [0.25, 0.3) is 0 Å². The second-order valence-corrected chi connectivity index (χ2v) is 11.3. The number of ether oxygens (including phenoxy) is 3. The van der Waals surface area contributed by atoms with Crippen LogP contribution < -0.4 is 5.32 Å². The van der Waals surface area contributed by atoms with Gasteiger partial charge in [-0.25, -0.2) is 4.79 Å². The van der Waals surface area contributed by atoms with Gasteiger partial charge in [-0.05, 0) is 59.2 Å². The van der Waals surface area contributed by atoms with Crippen LogP contribution in [0.2, 0.25) is 0 Å². The van der Waals surface area contributed by atoms with Crippen molar-refractivity contribution in [1.29, 1.82) is 0 Å². The largest absolute Gasteiger partial charge is 0.508 e. The Morgan fingerprint density at radius 2 is 1.94 bits per heavy atom. The third-order valence-electron chi connectivity index (χ3n) is 5.49. The van der Waals surface area contributed by atoms with Gasteiger partial charge < -0.3 is 24.6 Å². The molecule has 3 aliphatic rings. The van der Waals surface area contributed by atoms with Crippen molar-refractivity contribution in [2.45, 2.75) is 68.1 Å². The van der Waals surface area contributed by atoms with E-state index in [-0.39, 0.29) is 30.0 Å². The SMILES string of the molecule is CC(C)(C)OC(=O)NC1(C#CC2=CC=C3C(=O)c4cc(O)ccc4SC3C2)COC(C)(C)OC1. The molecule has 0 bridgehead atoms. The molecule has 0 aromatic heterocycles. The standard InChI is InChI=1S/C26H29NO6S/c1-24(2,3)33-23(30)27-26(14-31-25(4,5)32-15-26)11-10-16-6-8-18-21(12-16)34-20-9-7-17(28)13-19(20)22(18)29/h6-9,13,21,28H,12,14-15H2,1-5H3,(H,27,30). The van der Waals surface area contributed by atoms with Crippen molar-refractivity contribution in [3.8, 4) is 17.6 Å². The van der Waals surface area contributed by atoms with Crippen molar-refractivity contribution in [1.82, 2.24) is 5.32 Å². The van der Waals surface area contributed by atoms with Gasteiger partial charge in [0.1, 0.15) is 11.4 Å². The molecule has 4 rings (SSSR count). The number of thioether (sulfide) groups is 1. The van der Waals surface area contributed by atoms with E-state index in [0.717, 1.165) is 10.5 Å². The molecule has 1 fully saturated rings. The lowest BCUT2D eigenvalue weighted by molar-refractivity contribution is -0.262. The van der Waals surface area contributed by atoms with E-state index in [9.17, 15) is 14.7 Å². The van der Waals surface area contributed by atoms with Crippen LogP contribution in [0.25, 0.3) is 0 Å². The lowest BCUT2D eigenvalue weighted by Gasteiger charge is -2.41. The molecule has 34 heavy (non-hydrogen) atoms. The van der Waals surface area contributed by atoms with Crippen LogP contribution in [0, 0.1) is 11.8 Å². The van der Waals surface area contributed by atoms with E-state index >= 15 is 0 Å². The van der Waals surface area contributed by atoms with E-state index in [1.807, 2.05) is 19.9 Å². The Labute approximate surface area is 203 Å². The maximum absolute atomic E-state index is 12.9. The van der Waals surface area contributed by atoms with Gasteiger partial charge in [-0.15, -0.1) is 11.8 Å². The Morgan fingerprint density at radius 3 is 2.62 bits per heavy atom. The van der Waals surface area contributed by atoms with E-state index in [0.29, 0.717) is 17.6 Å². The van der Waals surface area contributed by atoms with Gasteiger partial charge in [-0.1, -0.05) is 24.0 Å². The fourth-order valence-corrected chi connectivity index (χ4v) is 5.06. The number of alkyl carbamates (subject to hydrolysis) is 1. The van der Waals surface area contributed by atoms with Crippen molar-refractivity contribution in [2.75, 3.05) is 13.2 Å². The number of carbonyl (C=O) groups is 2. The van der Waals surface area contributed by atoms with Crippen molar-refractivity contribution >= 4 is 23.6 Å². The van der Waals surface area contributed by atoms with Crippen molar-refractivity contribution in [3.63, 3.8) is 0 Å². The zero-order chi connectivity index (χ0) is 24.7. The van der Waals surface area contributed by atoms with Crippen LogP contribution >= 0.6 is 11.8 Å². The maximum Gasteiger partial charge on any atom is 0.409 e. The Kier molecular flexibility index (Phi) is 6.32. The molecule has 7 nitrogen and oxygen atoms in total. The number of hydrogen-bond donors (Lipinski definition) is 2. The van der Waals surface area contributed by atoms with Crippen molar-refractivity contribution in [3.05, 3.63) is 47.1 Å². The van der Waals surface area contributed by atoms with Crippen molar-refractivity contribution < 1.29 is 28.9 Å². The number of phenolic OH excluding ortho intramolecular Hbond substituents is 1. The summed E-state index contributed by atoms with van der Waals surface area (Å²) in [6.07, 6.45) is 3.61. The molecule has 1 atom stereocenters. The van der Waals surface area contributed by atoms with Crippen molar-refractivity contribution in [2.24, 2.45) is 0 Å². The van der Waals surface area contributed by atoms with E-state index in [4.69, 9.17) is 14.2 Å². The van der Waals surface area contributed by atoms with Crippen LogP contribution in [0.3, 0.4) is 0 Å². The Hall–Kier alpha value is -2.73. The first-order chi connectivity index (χ1) is 15.8. The molecule has 2 N–H and O–H groups in total. The van der Waals surface area contributed by atoms with E-state index in [1.165, 1.54) is 6.07 Å². The fraction of sp³-hybridized carbons (Fsp3) is 0.462. The summed E-state index contributed by atoms with van der Waals surface area (Å²) in [5.74, 6) is 5.57. The second-order valence-electron chi connectivity index (χ2n) is 10.1. The van der Waals surface area contributed by atoms with Gasteiger partial charge in [0.15, 0.2) is 17.1 Å². The molecule has 1 aliphatic carbocycles. The summed E-state index contributed by atoms with van der Waals surface area (Å²) in [4.78, 5) is 26.3. The first-order valence-corrected chi connectivity index (χ1v) is 12.0. The number of fused-ring (bicyclic) bond motifs is 2. The summed E-state index contributed by atoms with van der Waals surface area (Å²) < 4.78 is 17.0. The zero-order valence-corrected chi connectivity index (χ0v) is 20.8. The van der Waals surface area contributed by atoms with Crippen LogP contribution in [0.1, 0.15) is 51.4 Å². The number of hydrogen-bond acceptors (Lipinski definition) is 7. The summed E-state index contributed by atoms with van der Waals surface area (Å²) in [7, 11) is 0. The molecule has 1 unspecified atom stereocenters. The lowest BCUT2D eigenvalue weighted by atomic mass is 9.91. The normalized spacial score (nSPS) is 22.7. The minimum absolute atomic E-state index is 0.0635. The third-order valence-corrected chi connectivity index (χ3v) is 6.81. The number of ketones is 1. The highest BCUT2D eigenvalue weighted by Crippen LogP contribution is 2.43. The number of nitrogens with one attached hydrogen (secondary N) is 1. The summed E-state index contributed by atoms with van der Waals surface area (Å²) in [5.41, 5.74) is 0.338. The number of allylic oxidation sites excluding steroid dienone is 3. The Bertz CT molecular complexity index is 1140. The Morgan fingerprint density at radius 1 is 1.24 bits per heavy atom. The highest BCUT2D eigenvalue weighted by molar-refractivity contribution is 8.00. The van der Waals surface area contributed by atoms with E-state index in [1.54, 1.807) is 50.7 Å². The molecule has 0 radical (unpaired) electrons. The minimum atomic E-state index is -1.07. The molecule has 1 saturated heterocycles. The lowest BCUT2D eigenvalue weighted by Crippen LogP contribution is -2.60. The first kappa shape index (κ1) is 24.4. The molecule has 0 spiro atoms. The summed E-state index contributed by atoms with van der Waals surface area (Å²) in [6, 6.07) is 4.87. The first-order valence-electron chi connectivity index (χ1n) is 11.1. The highest BCUT2D eigenvalue weighted by Gasteiger charge is 2.41. The predicted molar refractivity (Wildman–Crippen MR) is 129 cm³/mol. The van der Waals surface area contributed by atoms with Gasteiger partial charge in [-0.2, -0.15) is 0 Å². The molecule has 2 aliphatic heterocycles. The number of Topliss-reactive ketones (excluding diaryl/α,β-unsaturated/α-hetero) is 1. The number of aromatic hydroxyl groups is 1. The number of amides is 1. The summed E-state index contributed by atoms with van der Waals surface area (Å²) >= 11 is 1.59. The molecule has 180 valence electrons. The van der Waals surface area contributed by atoms with Crippen LogP contribution in [0.5, 0.6) is 5.75 Å². The number of benzene rings is 1. The summed E-state index contributed by atoms with van der Waals surface area (Å²) in [6.45, 7) is 9.29. The predicted octanol–water partition coefficient (Wildman–Crippen LogP) is 4.36. The van der Waals surface area contributed by atoms with Gasteiger partial charge in [0, 0.05) is 26.9 Å². The van der Waals surface area contributed by atoms with Crippen LogP contribution in [0.15, 0.2) is 46.4 Å². The van der Waals surface area contributed by atoms with Gasteiger partial charge >= 0.3 is 6.09 Å². The number of rotatable bonds is 1. The monoisotopic (exact) mass is 483 g/mol. The molecule has 8 heteroatoms. The maximum atomic E-state index is 12.9. The quantitative estimate of drug-likeness (QED) is 0.574. The topological polar surface area (TPSA) is 94.1 Å². The number of phenols is 1. The molecule has 2 heterocycles. The van der Waals surface area contributed by atoms with Crippen LogP contribution in [-0.2, 0) is 14.2 Å². The van der Waals surface area contributed by atoms with E-state index < -0.39 is 23.0 Å². The van der Waals surface area contributed by atoms with Crippen LogP contribution in [-0.4, -0.2) is 52.4 Å². The van der Waals surface area contributed by atoms with Gasteiger partial charge in [0.05, 0.1) is 13.2 Å². The average molecular weight is 484 g/mol. The third kappa shape index (κ3) is 5.49. The Balaban J connectivity index is 1.57. The van der Waals surface area contributed by atoms with Gasteiger partial charge in [-0.3, -0.25) is 4.79 Å². The van der Waals surface area contributed by atoms with E-state index in [2.05, 4.69) is 17.2 Å². The second kappa shape index (κ2) is 8.81. The molecule has 1 aromatic rings. The molecular weight excluding hydrogens is 454 g/mol. The molecule has 0 saturated carbocycles. The van der Waals surface area contributed by atoms with Gasteiger partial charge in [0.2, 0.25) is 0 Å².